The number of benzene rings is 1. The number of imidazole rings is 1. The molecule has 5 rings (SSSR count). The van der Waals surface area contributed by atoms with Gasteiger partial charge >= 0.3 is 0 Å². The zero-order valence-corrected chi connectivity index (χ0v) is 15.9. The maximum absolute atomic E-state index is 5.59. The number of thiazole rings is 1. The van der Waals surface area contributed by atoms with Crippen LogP contribution in [0.15, 0.2) is 34.4 Å². The second-order valence-corrected chi connectivity index (χ2v) is 8.06. The van der Waals surface area contributed by atoms with E-state index >= 15 is 0 Å². The van der Waals surface area contributed by atoms with Crippen LogP contribution in [0.2, 0.25) is 0 Å². The lowest BCUT2D eigenvalue weighted by atomic mass is 9.96. The molecule has 0 spiro atoms. The average Bonchev–Trinajstić information content (AvgIpc) is 3.42. The summed E-state index contributed by atoms with van der Waals surface area (Å²) < 4.78 is 5.59. The lowest BCUT2D eigenvalue weighted by Gasteiger charge is -2.29. The highest BCUT2D eigenvalue weighted by molar-refractivity contribution is 7.09. The number of fused-ring (bicyclic) bond motifs is 1. The highest BCUT2D eigenvalue weighted by Gasteiger charge is 2.26. The molecule has 3 aromatic heterocycles. The van der Waals surface area contributed by atoms with Gasteiger partial charge in [0.15, 0.2) is 0 Å². The van der Waals surface area contributed by atoms with E-state index in [1.54, 1.807) is 17.7 Å². The van der Waals surface area contributed by atoms with E-state index in [-0.39, 0.29) is 0 Å². The van der Waals surface area contributed by atoms with Crippen molar-refractivity contribution in [2.24, 2.45) is 0 Å². The Bertz CT molecular complexity index is 1060. The third-order valence-corrected chi connectivity index (χ3v) is 5.93. The Morgan fingerprint density at radius 1 is 1.26 bits per heavy atom. The highest BCUT2D eigenvalue weighted by Crippen LogP contribution is 2.29. The van der Waals surface area contributed by atoms with Crippen molar-refractivity contribution in [1.82, 2.24) is 30.0 Å². The van der Waals surface area contributed by atoms with Gasteiger partial charge in [0.1, 0.15) is 0 Å². The second-order valence-electron chi connectivity index (χ2n) is 7.00. The summed E-state index contributed by atoms with van der Waals surface area (Å²) in [4.78, 5) is 19.0. The summed E-state index contributed by atoms with van der Waals surface area (Å²) in [6, 6.07) is 5.96. The van der Waals surface area contributed by atoms with Crippen LogP contribution in [-0.2, 0) is 6.54 Å². The third kappa shape index (κ3) is 3.38. The van der Waals surface area contributed by atoms with Gasteiger partial charge in [-0.2, -0.15) is 4.98 Å². The molecule has 138 valence electrons. The van der Waals surface area contributed by atoms with Gasteiger partial charge in [-0.1, -0.05) is 5.16 Å². The maximum atomic E-state index is 5.59. The molecule has 0 radical (unpaired) electrons. The van der Waals surface area contributed by atoms with Crippen LogP contribution in [0.5, 0.6) is 0 Å². The molecular weight excluding hydrogens is 360 g/mol. The second kappa shape index (κ2) is 6.86. The van der Waals surface area contributed by atoms with Crippen LogP contribution in [0.25, 0.3) is 22.4 Å². The van der Waals surface area contributed by atoms with Gasteiger partial charge in [-0.15, -0.1) is 11.3 Å². The van der Waals surface area contributed by atoms with Crippen molar-refractivity contribution in [3.05, 3.63) is 46.5 Å². The predicted molar refractivity (Wildman–Crippen MR) is 103 cm³/mol. The molecule has 1 aliphatic heterocycles. The van der Waals surface area contributed by atoms with Crippen LogP contribution >= 0.6 is 11.3 Å². The van der Waals surface area contributed by atoms with E-state index in [0.717, 1.165) is 60.0 Å². The van der Waals surface area contributed by atoms with Crippen molar-refractivity contribution < 1.29 is 4.52 Å². The van der Waals surface area contributed by atoms with Crippen molar-refractivity contribution in [1.29, 1.82) is 0 Å². The smallest absolute Gasteiger partial charge is 0.230 e. The van der Waals surface area contributed by atoms with E-state index < -0.39 is 0 Å². The van der Waals surface area contributed by atoms with Crippen LogP contribution in [-0.4, -0.2) is 43.1 Å². The first-order chi connectivity index (χ1) is 13.2. The first-order valence-corrected chi connectivity index (χ1v) is 10.0. The van der Waals surface area contributed by atoms with Crippen molar-refractivity contribution in [2.75, 3.05) is 13.1 Å². The van der Waals surface area contributed by atoms with E-state index in [1.807, 2.05) is 18.2 Å². The van der Waals surface area contributed by atoms with E-state index in [9.17, 15) is 0 Å². The Morgan fingerprint density at radius 3 is 2.96 bits per heavy atom. The Balaban J connectivity index is 1.25. The molecule has 4 aromatic rings. The summed E-state index contributed by atoms with van der Waals surface area (Å²) in [7, 11) is 0. The molecule has 0 bridgehead atoms. The molecule has 4 heterocycles. The number of H-pyrrole nitrogens is 1. The number of nitrogens with zero attached hydrogens (tertiary/aromatic N) is 5. The monoisotopic (exact) mass is 380 g/mol. The maximum Gasteiger partial charge on any atom is 0.230 e. The number of likely N-dealkylation sites (tertiary alicyclic amines) is 1. The molecule has 1 aromatic carbocycles. The quantitative estimate of drug-likeness (QED) is 0.580. The number of rotatable bonds is 4. The van der Waals surface area contributed by atoms with Crippen molar-refractivity contribution in [3.63, 3.8) is 0 Å². The molecule has 7 nitrogen and oxygen atoms in total. The lowest BCUT2D eigenvalue weighted by molar-refractivity contribution is 0.186. The van der Waals surface area contributed by atoms with Crippen molar-refractivity contribution >= 4 is 22.4 Å². The van der Waals surface area contributed by atoms with E-state index in [4.69, 9.17) is 4.52 Å². The van der Waals surface area contributed by atoms with Crippen LogP contribution in [0.1, 0.15) is 35.4 Å². The summed E-state index contributed by atoms with van der Waals surface area (Å²) in [6.07, 6.45) is 3.76. The Labute approximate surface area is 160 Å². The topological polar surface area (TPSA) is 83.7 Å². The highest BCUT2D eigenvalue weighted by atomic mass is 32.1. The van der Waals surface area contributed by atoms with Crippen LogP contribution in [0.4, 0.5) is 0 Å². The van der Waals surface area contributed by atoms with Gasteiger partial charge in [-0.05, 0) is 51.1 Å². The first kappa shape index (κ1) is 16.6. The largest absolute Gasteiger partial charge is 0.345 e. The number of hydrogen-bond acceptors (Lipinski definition) is 7. The number of aryl methyl sites for hydroxylation is 1. The molecule has 1 saturated heterocycles. The lowest BCUT2D eigenvalue weighted by Crippen LogP contribution is -2.32. The molecule has 1 fully saturated rings. The molecule has 1 aliphatic rings. The van der Waals surface area contributed by atoms with Gasteiger partial charge in [0.25, 0.3) is 0 Å². The van der Waals surface area contributed by atoms with Crippen molar-refractivity contribution in [2.45, 2.75) is 32.2 Å². The minimum atomic E-state index is 0.329. The predicted octanol–water partition coefficient (Wildman–Crippen LogP) is 3.76. The van der Waals surface area contributed by atoms with Gasteiger partial charge in [0.2, 0.25) is 11.7 Å². The Hall–Kier alpha value is -2.58. The van der Waals surface area contributed by atoms with Gasteiger partial charge in [0.05, 0.1) is 28.1 Å². The zero-order valence-electron chi connectivity index (χ0n) is 15.1. The van der Waals surface area contributed by atoms with Crippen LogP contribution in [0.3, 0.4) is 0 Å². The van der Waals surface area contributed by atoms with Gasteiger partial charge in [-0.3, -0.25) is 4.90 Å². The summed E-state index contributed by atoms with van der Waals surface area (Å²) in [6.45, 7) is 5.03. The third-order valence-electron chi connectivity index (χ3n) is 5.11. The zero-order chi connectivity index (χ0) is 18.2. The molecule has 0 unspecified atom stereocenters. The molecule has 8 heteroatoms. The molecule has 1 N–H and O–H groups in total. The van der Waals surface area contributed by atoms with Gasteiger partial charge < -0.3 is 9.51 Å². The molecule has 0 amide bonds. The van der Waals surface area contributed by atoms with Gasteiger partial charge in [0, 0.05) is 23.4 Å². The fourth-order valence-corrected chi connectivity index (χ4v) is 4.24. The molecular formula is C19H20N6OS. The first-order valence-electron chi connectivity index (χ1n) is 9.15. The molecule has 0 atom stereocenters. The number of piperidine rings is 1. The number of aromatic amines is 1. The van der Waals surface area contributed by atoms with E-state index in [0.29, 0.717) is 11.7 Å². The van der Waals surface area contributed by atoms with Crippen LogP contribution < -0.4 is 0 Å². The Morgan fingerprint density at radius 2 is 2.15 bits per heavy atom. The fourth-order valence-electron chi connectivity index (χ4n) is 3.64. The van der Waals surface area contributed by atoms with Crippen LogP contribution in [0, 0.1) is 6.92 Å². The number of hydrogen-bond donors (Lipinski definition) is 1. The van der Waals surface area contributed by atoms with Gasteiger partial charge in [-0.25, -0.2) is 9.97 Å². The molecule has 27 heavy (non-hydrogen) atoms. The fraction of sp³-hybridized carbons (Fsp3) is 0.368. The van der Waals surface area contributed by atoms with E-state index in [2.05, 4.69) is 42.3 Å². The normalized spacial score (nSPS) is 16.3. The summed E-state index contributed by atoms with van der Waals surface area (Å²) in [5, 5.41) is 7.49. The SMILES string of the molecule is Cc1nc(CN2CCC(c3nc(-c4ccc5nc[nH]c5c4)no3)CC2)cs1. The standard InChI is InChI=1S/C19H20N6OS/c1-12-22-15(10-27-12)9-25-6-4-13(5-7-25)19-23-18(24-26-19)14-2-3-16-17(8-14)21-11-20-16/h2-3,8,10-11,13H,4-7,9H2,1H3,(H,20,21). The van der Waals surface area contributed by atoms with Crippen molar-refractivity contribution in [3.8, 4) is 11.4 Å². The minimum absolute atomic E-state index is 0.329. The minimum Gasteiger partial charge on any atom is -0.345 e. The molecule has 0 aliphatic carbocycles. The molecule has 0 saturated carbocycles. The summed E-state index contributed by atoms with van der Waals surface area (Å²) >= 11 is 1.72. The number of nitrogens with one attached hydrogen (secondary N) is 1. The Kier molecular flexibility index (Phi) is 4.21. The summed E-state index contributed by atoms with van der Waals surface area (Å²) in [5.74, 6) is 1.72. The average molecular weight is 380 g/mol. The number of aromatic nitrogens is 5. The van der Waals surface area contributed by atoms with E-state index in [1.165, 1.54) is 5.69 Å². The summed E-state index contributed by atoms with van der Waals surface area (Å²) in [5.41, 5.74) is 4.03.